The molecule has 0 spiro atoms. The Morgan fingerprint density at radius 1 is 1.25 bits per heavy atom. The summed E-state index contributed by atoms with van der Waals surface area (Å²) in [6, 6.07) is 6.01. The summed E-state index contributed by atoms with van der Waals surface area (Å²) in [6.45, 7) is 0.929. The third kappa shape index (κ3) is 4.02. The lowest BCUT2D eigenvalue weighted by molar-refractivity contribution is -0.722. The van der Waals surface area contributed by atoms with Crippen molar-refractivity contribution in [3.05, 3.63) is 35.6 Å². The molecule has 1 aliphatic rings. The molecule has 2 atom stereocenters. The number of imide groups is 1. The monoisotopic (exact) mass is 318 g/mol. The Morgan fingerprint density at radius 3 is 2.50 bits per heavy atom. The number of carbonyl (C=O) groups excluding carboxylic acids is 2. The third-order valence-corrected chi connectivity index (χ3v) is 4.18. The second-order valence-electron chi connectivity index (χ2n) is 4.46. The molecule has 0 radical (unpaired) electrons. The Morgan fingerprint density at radius 2 is 1.90 bits per heavy atom. The van der Waals surface area contributed by atoms with Crippen molar-refractivity contribution in [1.82, 2.24) is 0 Å². The van der Waals surface area contributed by atoms with E-state index in [1.807, 2.05) is 0 Å². The van der Waals surface area contributed by atoms with E-state index in [1.54, 1.807) is 12.1 Å². The van der Waals surface area contributed by atoms with Gasteiger partial charge >= 0.3 is 11.1 Å². The van der Waals surface area contributed by atoms with Crippen molar-refractivity contribution < 1.29 is 31.3 Å². The molecule has 1 aromatic carbocycles. The lowest BCUT2D eigenvalue weighted by Gasteiger charge is -2.07. The third-order valence-electron chi connectivity index (χ3n) is 3.05. The maximum Gasteiger partial charge on any atom is 0.381 e. The van der Waals surface area contributed by atoms with Crippen molar-refractivity contribution in [3.8, 4) is 0 Å². The fraction of sp³-hybridized carbons (Fsp3) is 0.385. The molecule has 2 amide bonds. The average molecular weight is 319 g/mol. The highest BCUT2D eigenvalue weighted by Gasteiger charge is 2.45. The first-order valence-electron chi connectivity index (χ1n) is 6.17. The van der Waals surface area contributed by atoms with Gasteiger partial charge in [0.2, 0.25) is 0 Å². The molecule has 0 aromatic heterocycles. The SMILES string of the molecule is NCCC[NH+]1C(=O)SC(Cc2ccc(F)cc2)C1=O.[Cl-]. The highest BCUT2D eigenvalue weighted by Crippen LogP contribution is 2.20. The summed E-state index contributed by atoms with van der Waals surface area (Å²) in [5.41, 5.74) is 6.25. The molecule has 3 N–H and O–H groups in total. The summed E-state index contributed by atoms with van der Waals surface area (Å²) in [5.74, 6) is -0.395. The van der Waals surface area contributed by atoms with Crippen LogP contribution in [0.25, 0.3) is 0 Å². The minimum Gasteiger partial charge on any atom is -1.00 e. The normalized spacial score (nSPS) is 21.9. The number of rotatable bonds is 5. The van der Waals surface area contributed by atoms with E-state index >= 15 is 0 Å². The van der Waals surface area contributed by atoms with Gasteiger partial charge in [0.1, 0.15) is 11.1 Å². The van der Waals surface area contributed by atoms with E-state index < -0.39 is 0 Å². The zero-order valence-electron chi connectivity index (χ0n) is 10.8. The zero-order valence-corrected chi connectivity index (χ0v) is 12.3. The highest BCUT2D eigenvalue weighted by atomic mass is 35.5. The van der Waals surface area contributed by atoms with Gasteiger partial charge in [-0.1, -0.05) is 12.1 Å². The van der Waals surface area contributed by atoms with E-state index in [9.17, 15) is 14.0 Å². The predicted octanol–water partition coefficient (Wildman–Crippen LogP) is -2.63. The zero-order chi connectivity index (χ0) is 13.8. The Kier molecular flexibility index (Phi) is 6.61. The predicted molar refractivity (Wildman–Crippen MR) is 71.4 cm³/mol. The van der Waals surface area contributed by atoms with Crippen LogP contribution in [0.1, 0.15) is 12.0 Å². The lowest BCUT2D eigenvalue weighted by Crippen LogP contribution is -3.15. The molecule has 1 saturated heterocycles. The highest BCUT2D eigenvalue weighted by molar-refractivity contribution is 8.14. The molecule has 7 heteroatoms. The topological polar surface area (TPSA) is 64.6 Å². The van der Waals surface area contributed by atoms with Gasteiger partial charge in [-0.25, -0.2) is 14.0 Å². The molecule has 1 aliphatic heterocycles. The Bertz CT molecular complexity index is 484. The molecular formula is C13H16ClFN2O2S. The number of nitrogens with one attached hydrogen (secondary N) is 1. The average Bonchev–Trinajstić information content (AvgIpc) is 2.65. The van der Waals surface area contributed by atoms with Gasteiger partial charge < -0.3 is 18.1 Å². The minimum atomic E-state index is -0.370. The van der Waals surface area contributed by atoms with Crippen molar-refractivity contribution in [2.45, 2.75) is 18.1 Å². The number of nitrogens with two attached hydrogens (primary N) is 1. The van der Waals surface area contributed by atoms with Crippen LogP contribution in [0.3, 0.4) is 0 Å². The number of halogens is 2. The van der Waals surface area contributed by atoms with Crippen LogP contribution in [0.4, 0.5) is 9.18 Å². The summed E-state index contributed by atoms with van der Waals surface area (Å²) in [7, 11) is 0. The fourth-order valence-corrected chi connectivity index (χ4v) is 3.15. The minimum absolute atomic E-state index is 0. The molecule has 1 heterocycles. The second-order valence-corrected chi connectivity index (χ2v) is 5.64. The van der Waals surface area contributed by atoms with Gasteiger partial charge in [-0.2, -0.15) is 4.90 Å². The molecule has 1 fully saturated rings. The van der Waals surface area contributed by atoms with Crippen LogP contribution in [0, 0.1) is 5.82 Å². The van der Waals surface area contributed by atoms with Crippen LogP contribution in [0.5, 0.6) is 0 Å². The maximum atomic E-state index is 12.8. The number of amides is 2. The molecule has 0 aliphatic carbocycles. The van der Waals surface area contributed by atoms with E-state index in [0.717, 1.165) is 17.3 Å². The molecule has 110 valence electrons. The number of hydrogen-bond acceptors (Lipinski definition) is 4. The molecule has 2 rings (SSSR count). The van der Waals surface area contributed by atoms with Crippen molar-refractivity contribution in [1.29, 1.82) is 0 Å². The quantitative estimate of drug-likeness (QED) is 0.623. The summed E-state index contributed by atoms with van der Waals surface area (Å²) in [6.07, 6.45) is 1.11. The van der Waals surface area contributed by atoms with Crippen molar-refractivity contribution in [2.24, 2.45) is 5.73 Å². The molecule has 20 heavy (non-hydrogen) atoms. The molecule has 0 bridgehead atoms. The van der Waals surface area contributed by atoms with E-state index in [-0.39, 0.29) is 34.6 Å². The molecule has 1 aromatic rings. The number of quaternary nitrogens is 1. The number of thioether (sulfide) groups is 1. The van der Waals surface area contributed by atoms with Gasteiger partial charge in [0.25, 0.3) is 0 Å². The molecule has 4 nitrogen and oxygen atoms in total. The Labute approximate surface area is 127 Å². The molecule has 0 saturated carbocycles. The summed E-state index contributed by atoms with van der Waals surface area (Å²) in [4.78, 5) is 24.2. The largest absolute Gasteiger partial charge is 1.00 e. The lowest BCUT2D eigenvalue weighted by atomic mass is 10.1. The van der Waals surface area contributed by atoms with Crippen LogP contribution in [-0.4, -0.2) is 29.5 Å². The van der Waals surface area contributed by atoms with Crippen molar-refractivity contribution in [2.75, 3.05) is 13.1 Å². The first-order chi connectivity index (χ1) is 9.11. The van der Waals surface area contributed by atoms with Crippen LogP contribution < -0.4 is 23.0 Å². The van der Waals surface area contributed by atoms with Crippen LogP contribution in [-0.2, 0) is 11.2 Å². The van der Waals surface area contributed by atoms with E-state index in [2.05, 4.69) is 0 Å². The molecular weight excluding hydrogens is 303 g/mol. The number of carbonyl (C=O) groups is 2. The standard InChI is InChI=1S/C13H15FN2O2S.ClH/c14-10-4-2-9(3-5-10)8-11-12(17)16(7-1-6-15)13(18)19-11;/h2-5,11H,1,6-8,15H2;1H. The van der Waals surface area contributed by atoms with Gasteiger partial charge in [0.15, 0.2) is 0 Å². The summed E-state index contributed by atoms with van der Waals surface area (Å²) >= 11 is 1.07. The van der Waals surface area contributed by atoms with Crippen LogP contribution in [0.15, 0.2) is 24.3 Å². The fourth-order valence-electron chi connectivity index (χ4n) is 2.02. The second kappa shape index (κ2) is 7.73. The smallest absolute Gasteiger partial charge is 0.381 e. The van der Waals surface area contributed by atoms with Gasteiger partial charge in [-0.15, -0.1) is 0 Å². The van der Waals surface area contributed by atoms with E-state index in [0.29, 0.717) is 30.8 Å². The Hall–Kier alpha value is -0.950. The molecule has 2 unspecified atom stereocenters. The van der Waals surface area contributed by atoms with Gasteiger partial charge in [-0.05, 0) is 42.4 Å². The number of hydrogen-bond donors (Lipinski definition) is 2. The maximum absolute atomic E-state index is 12.8. The van der Waals surface area contributed by atoms with Crippen molar-refractivity contribution in [3.63, 3.8) is 0 Å². The first kappa shape index (κ1) is 17.1. The van der Waals surface area contributed by atoms with Crippen LogP contribution in [0.2, 0.25) is 0 Å². The number of benzene rings is 1. The summed E-state index contributed by atoms with van der Waals surface area (Å²) < 4.78 is 12.8. The van der Waals surface area contributed by atoms with Crippen molar-refractivity contribution >= 4 is 22.9 Å². The van der Waals surface area contributed by atoms with E-state index in [4.69, 9.17) is 5.73 Å². The van der Waals surface area contributed by atoms with Gasteiger partial charge in [0.05, 0.1) is 6.54 Å². The summed E-state index contributed by atoms with van der Waals surface area (Å²) in [5, 5.41) is -0.503. The Balaban J connectivity index is 0.00000200. The first-order valence-corrected chi connectivity index (χ1v) is 7.05. The van der Waals surface area contributed by atoms with Gasteiger partial charge in [-0.3, -0.25) is 0 Å². The van der Waals surface area contributed by atoms with Crippen LogP contribution >= 0.6 is 11.8 Å². The van der Waals surface area contributed by atoms with Gasteiger partial charge in [0, 0.05) is 6.42 Å². The van der Waals surface area contributed by atoms with E-state index in [1.165, 1.54) is 12.1 Å².